The lowest BCUT2D eigenvalue weighted by Gasteiger charge is -2.30. The topological polar surface area (TPSA) is 74.4 Å². The predicted molar refractivity (Wildman–Crippen MR) is 96.5 cm³/mol. The molecular formula is C19H25N3O3. The van der Waals surface area contributed by atoms with Crippen LogP contribution in [0.1, 0.15) is 24.0 Å². The van der Waals surface area contributed by atoms with Crippen LogP contribution in [0.5, 0.6) is 0 Å². The van der Waals surface area contributed by atoms with Crippen molar-refractivity contribution in [3.05, 3.63) is 35.5 Å². The number of H-pyrrole nitrogens is 1. The second-order valence-electron chi connectivity index (χ2n) is 6.66. The number of fused-ring (bicyclic) bond motifs is 1. The van der Waals surface area contributed by atoms with Crippen LogP contribution in [0.3, 0.4) is 0 Å². The zero-order valence-electron chi connectivity index (χ0n) is 14.8. The Balaban J connectivity index is 1.52. The third-order valence-corrected chi connectivity index (χ3v) is 4.84. The Morgan fingerprint density at radius 3 is 3.04 bits per heavy atom. The number of aromatic amines is 1. The molecule has 0 aliphatic carbocycles. The van der Waals surface area contributed by atoms with Gasteiger partial charge in [-0.3, -0.25) is 4.79 Å². The number of aryl methyl sites for hydroxylation is 1. The standard InChI is InChI=1S/C19H25N3O3/c1-13-5-6-16-14(11-21-17(16)10-13)7-8-20-18(23)15-4-3-9-22(12-15)19(24)25-2/h5-6,10-11,15,21H,3-4,7-9,12H2,1-2H3,(H,20,23)/t15-/m0/s1. The molecule has 0 radical (unpaired) electrons. The lowest BCUT2D eigenvalue weighted by molar-refractivity contribution is -0.126. The van der Waals surface area contributed by atoms with Crippen molar-refractivity contribution >= 4 is 22.9 Å². The van der Waals surface area contributed by atoms with Gasteiger partial charge in [-0.25, -0.2) is 4.79 Å². The first-order chi connectivity index (χ1) is 12.1. The number of methoxy groups -OCH3 is 1. The minimum Gasteiger partial charge on any atom is -0.453 e. The van der Waals surface area contributed by atoms with Crippen LogP contribution in [0, 0.1) is 12.8 Å². The summed E-state index contributed by atoms with van der Waals surface area (Å²) in [6.45, 7) is 3.76. The average molecular weight is 343 g/mol. The number of nitrogens with zero attached hydrogens (tertiary/aromatic N) is 1. The van der Waals surface area contributed by atoms with Crippen LogP contribution in [0.4, 0.5) is 4.79 Å². The van der Waals surface area contributed by atoms with Crippen LogP contribution in [0.2, 0.25) is 0 Å². The Kier molecular flexibility index (Phi) is 5.26. The summed E-state index contributed by atoms with van der Waals surface area (Å²) in [6, 6.07) is 6.34. The van der Waals surface area contributed by atoms with E-state index in [1.807, 2.05) is 6.20 Å². The summed E-state index contributed by atoms with van der Waals surface area (Å²) >= 11 is 0. The summed E-state index contributed by atoms with van der Waals surface area (Å²) in [7, 11) is 1.37. The van der Waals surface area contributed by atoms with E-state index in [1.54, 1.807) is 4.90 Å². The number of likely N-dealkylation sites (tertiary alicyclic amines) is 1. The number of hydrogen-bond acceptors (Lipinski definition) is 3. The van der Waals surface area contributed by atoms with Crippen molar-refractivity contribution in [1.29, 1.82) is 0 Å². The number of ether oxygens (including phenoxy) is 1. The molecule has 6 nitrogen and oxygen atoms in total. The number of hydrogen-bond donors (Lipinski definition) is 2. The molecule has 3 rings (SSSR count). The summed E-state index contributed by atoms with van der Waals surface area (Å²) in [6.07, 6.45) is 4.07. The number of amides is 2. The molecule has 2 N–H and O–H groups in total. The number of carbonyl (C=O) groups excluding carboxylic acids is 2. The van der Waals surface area contributed by atoms with Gasteiger partial charge in [0.2, 0.25) is 5.91 Å². The minimum absolute atomic E-state index is 0.0179. The van der Waals surface area contributed by atoms with Gasteiger partial charge in [-0.1, -0.05) is 12.1 Å². The van der Waals surface area contributed by atoms with Crippen molar-refractivity contribution in [2.75, 3.05) is 26.7 Å². The first-order valence-corrected chi connectivity index (χ1v) is 8.75. The van der Waals surface area contributed by atoms with Gasteiger partial charge in [0, 0.05) is 36.7 Å². The van der Waals surface area contributed by atoms with Crippen LogP contribution < -0.4 is 5.32 Å². The van der Waals surface area contributed by atoms with Crippen molar-refractivity contribution in [1.82, 2.24) is 15.2 Å². The molecule has 1 aliphatic heterocycles. The van der Waals surface area contributed by atoms with Crippen molar-refractivity contribution in [3.63, 3.8) is 0 Å². The lowest BCUT2D eigenvalue weighted by Crippen LogP contribution is -2.45. The van der Waals surface area contributed by atoms with E-state index in [-0.39, 0.29) is 17.9 Å². The highest BCUT2D eigenvalue weighted by Crippen LogP contribution is 2.20. The van der Waals surface area contributed by atoms with E-state index in [2.05, 4.69) is 35.4 Å². The third kappa shape index (κ3) is 3.95. The van der Waals surface area contributed by atoms with Gasteiger partial charge in [0.15, 0.2) is 0 Å². The molecule has 0 bridgehead atoms. The van der Waals surface area contributed by atoms with Crippen molar-refractivity contribution in [2.24, 2.45) is 5.92 Å². The Bertz CT molecular complexity index is 768. The van der Waals surface area contributed by atoms with E-state index in [1.165, 1.54) is 23.6 Å². The highest BCUT2D eigenvalue weighted by atomic mass is 16.5. The smallest absolute Gasteiger partial charge is 0.409 e. The summed E-state index contributed by atoms with van der Waals surface area (Å²) in [5.74, 6) is -0.136. The molecule has 2 amide bonds. The van der Waals surface area contributed by atoms with E-state index in [4.69, 9.17) is 4.74 Å². The summed E-state index contributed by atoms with van der Waals surface area (Å²) in [4.78, 5) is 28.9. The van der Waals surface area contributed by atoms with Gasteiger partial charge in [0.05, 0.1) is 13.0 Å². The Morgan fingerprint density at radius 1 is 1.40 bits per heavy atom. The highest BCUT2D eigenvalue weighted by Gasteiger charge is 2.28. The van der Waals surface area contributed by atoms with Crippen molar-refractivity contribution in [2.45, 2.75) is 26.2 Å². The summed E-state index contributed by atoms with van der Waals surface area (Å²) in [5, 5.41) is 4.22. The second-order valence-corrected chi connectivity index (χ2v) is 6.66. The molecule has 1 aliphatic rings. The van der Waals surface area contributed by atoms with Gasteiger partial charge in [0.25, 0.3) is 0 Å². The number of benzene rings is 1. The summed E-state index contributed by atoms with van der Waals surface area (Å²) < 4.78 is 4.75. The fraction of sp³-hybridized carbons (Fsp3) is 0.474. The van der Waals surface area contributed by atoms with Gasteiger partial charge >= 0.3 is 6.09 Å². The third-order valence-electron chi connectivity index (χ3n) is 4.84. The largest absolute Gasteiger partial charge is 0.453 e. The lowest BCUT2D eigenvalue weighted by atomic mass is 9.97. The summed E-state index contributed by atoms with van der Waals surface area (Å²) in [5.41, 5.74) is 3.55. The van der Waals surface area contributed by atoms with Crippen LogP contribution in [-0.2, 0) is 16.0 Å². The zero-order valence-corrected chi connectivity index (χ0v) is 14.8. The molecule has 0 spiro atoms. The average Bonchev–Trinajstić information content (AvgIpc) is 3.03. The predicted octanol–water partition coefficient (Wildman–Crippen LogP) is 2.61. The molecular weight excluding hydrogens is 318 g/mol. The van der Waals surface area contributed by atoms with E-state index in [9.17, 15) is 9.59 Å². The van der Waals surface area contributed by atoms with Crippen molar-refractivity contribution < 1.29 is 14.3 Å². The monoisotopic (exact) mass is 343 g/mol. The van der Waals surface area contributed by atoms with Crippen LogP contribution in [-0.4, -0.2) is 48.6 Å². The first-order valence-electron chi connectivity index (χ1n) is 8.75. The first kappa shape index (κ1) is 17.3. The van der Waals surface area contributed by atoms with Gasteiger partial charge in [-0.2, -0.15) is 0 Å². The molecule has 0 unspecified atom stereocenters. The van der Waals surface area contributed by atoms with Gasteiger partial charge < -0.3 is 19.9 Å². The van der Waals surface area contributed by atoms with Crippen LogP contribution >= 0.6 is 0 Å². The molecule has 6 heteroatoms. The van der Waals surface area contributed by atoms with Gasteiger partial charge in [-0.05, 0) is 43.4 Å². The fourth-order valence-electron chi connectivity index (χ4n) is 3.46. The van der Waals surface area contributed by atoms with Gasteiger partial charge in [0.1, 0.15) is 0 Å². The van der Waals surface area contributed by atoms with E-state index in [0.717, 1.165) is 24.8 Å². The number of piperidine rings is 1. The molecule has 1 fully saturated rings. The number of rotatable bonds is 4. The molecule has 1 atom stereocenters. The number of aromatic nitrogens is 1. The Hall–Kier alpha value is -2.50. The van der Waals surface area contributed by atoms with Crippen LogP contribution in [0.25, 0.3) is 10.9 Å². The maximum atomic E-state index is 12.4. The Labute approximate surface area is 147 Å². The molecule has 1 aromatic carbocycles. The molecule has 25 heavy (non-hydrogen) atoms. The normalized spacial score (nSPS) is 17.5. The molecule has 1 saturated heterocycles. The highest BCUT2D eigenvalue weighted by molar-refractivity contribution is 5.84. The Morgan fingerprint density at radius 2 is 2.24 bits per heavy atom. The van der Waals surface area contributed by atoms with Crippen molar-refractivity contribution in [3.8, 4) is 0 Å². The van der Waals surface area contributed by atoms with Gasteiger partial charge in [-0.15, -0.1) is 0 Å². The van der Waals surface area contributed by atoms with E-state index >= 15 is 0 Å². The van der Waals surface area contributed by atoms with Crippen LogP contribution in [0.15, 0.2) is 24.4 Å². The number of nitrogens with one attached hydrogen (secondary N) is 2. The zero-order chi connectivity index (χ0) is 17.8. The quantitative estimate of drug-likeness (QED) is 0.896. The molecule has 2 heterocycles. The minimum atomic E-state index is -0.355. The van der Waals surface area contributed by atoms with E-state index < -0.39 is 0 Å². The fourth-order valence-corrected chi connectivity index (χ4v) is 3.46. The molecule has 0 saturated carbocycles. The molecule has 1 aromatic heterocycles. The maximum absolute atomic E-state index is 12.4. The second kappa shape index (κ2) is 7.59. The molecule has 2 aromatic rings. The molecule has 134 valence electrons. The maximum Gasteiger partial charge on any atom is 0.409 e. The van der Waals surface area contributed by atoms with E-state index in [0.29, 0.717) is 19.6 Å². The number of carbonyl (C=O) groups is 2. The SMILES string of the molecule is COC(=O)N1CCC[C@H](C(=O)NCCc2c[nH]c3cc(C)ccc23)C1.